The normalized spacial score (nSPS) is 12.3. The Morgan fingerprint density at radius 1 is 1.19 bits per heavy atom. The molecule has 3 aromatic rings. The Morgan fingerprint density at radius 3 is 2.62 bits per heavy atom. The van der Waals surface area contributed by atoms with Crippen LogP contribution in [0.3, 0.4) is 0 Å². The first-order valence-corrected chi connectivity index (χ1v) is 7.60. The van der Waals surface area contributed by atoms with Gasteiger partial charge < -0.3 is 5.32 Å². The molecule has 0 saturated heterocycles. The third kappa shape index (κ3) is 2.95. The van der Waals surface area contributed by atoms with E-state index in [9.17, 15) is 0 Å². The van der Waals surface area contributed by atoms with E-state index in [0.29, 0.717) is 0 Å². The molecule has 0 fully saturated rings. The maximum Gasteiger partial charge on any atom is 0.123 e. The van der Waals surface area contributed by atoms with E-state index >= 15 is 0 Å². The number of nitrogens with zero attached hydrogens (tertiary/aromatic N) is 4. The predicted octanol–water partition coefficient (Wildman–Crippen LogP) is 3.51. The zero-order valence-corrected chi connectivity index (χ0v) is 13.1. The molecule has 21 heavy (non-hydrogen) atoms. The van der Waals surface area contributed by atoms with Gasteiger partial charge in [0.25, 0.3) is 0 Å². The molecule has 1 unspecified atom stereocenters. The van der Waals surface area contributed by atoms with Gasteiger partial charge in [0.05, 0.1) is 22.4 Å². The lowest BCUT2D eigenvalue weighted by Crippen LogP contribution is -2.08. The molecule has 0 spiro atoms. The van der Waals surface area contributed by atoms with Crippen molar-refractivity contribution in [1.29, 1.82) is 0 Å². The number of anilines is 1. The number of rotatable bonds is 4. The van der Waals surface area contributed by atoms with Crippen LogP contribution in [0.1, 0.15) is 28.5 Å². The lowest BCUT2D eigenvalue weighted by Gasteiger charge is -2.15. The van der Waals surface area contributed by atoms with Crippen molar-refractivity contribution in [2.24, 2.45) is 0 Å². The van der Waals surface area contributed by atoms with Crippen molar-refractivity contribution < 1.29 is 0 Å². The van der Waals surface area contributed by atoms with E-state index in [0.717, 1.165) is 22.1 Å². The van der Waals surface area contributed by atoms with Gasteiger partial charge in [-0.15, -0.1) is 21.5 Å². The summed E-state index contributed by atoms with van der Waals surface area (Å²) in [7, 11) is 0. The van der Waals surface area contributed by atoms with Crippen LogP contribution in [0.15, 0.2) is 36.9 Å². The number of hydrogen-bond donors (Lipinski definition) is 1. The molecule has 1 aromatic carbocycles. The number of aromatic nitrogens is 4. The lowest BCUT2D eigenvalue weighted by atomic mass is 10.2. The van der Waals surface area contributed by atoms with Crippen molar-refractivity contribution in [1.82, 2.24) is 19.7 Å². The highest BCUT2D eigenvalue weighted by Crippen LogP contribution is 2.26. The van der Waals surface area contributed by atoms with Gasteiger partial charge in [-0.3, -0.25) is 4.57 Å². The van der Waals surface area contributed by atoms with Gasteiger partial charge in [0.1, 0.15) is 12.7 Å². The summed E-state index contributed by atoms with van der Waals surface area (Å²) in [4.78, 5) is 5.88. The molecule has 0 aliphatic rings. The topological polar surface area (TPSA) is 55.6 Å². The molecule has 0 bridgehead atoms. The van der Waals surface area contributed by atoms with Gasteiger partial charge >= 0.3 is 0 Å². The number of thiazole rings is 1. The average molecular weight is 299 g/mol. The summed E-state index contributed by atoms with van der Waals surface area (Å²) in [5.74, 6) is 0. The molecule has 1 atom stereocenters. The van der Waals surface area contributed by atoms with Crippen LogP contribution in [0, 0.1) is 13.8 Å². The van der Waals surface area contributed by atoms with E-state index in [2.05, 4.69) is 46.5 Å². The van der Waals surface area contributed by atoms with E-state index in [1.807, 2.05) is 23.6 Å². The van der Waals surface area contributed by atoms with Crippen LogP contribution in [0.4, 0.5) is 5.69 Å². The van der Waals surface area contributed by atoms with Crippen LogP contribution >= 0.6 is 11.3 Å². The van der Waals surface area contributed by atoms with E-state index in [1.165, 1.54) is 4.88 Å². The van der Waals surface area contributed by atoms with Crippen LogP contribution in [-0.2, 0) is 0 Å². The Bertz CT molecular complexity index is 732. The second-order valence-corrected chi connectivity index (χ2v) is 6.37. The average Bonchev–Trinajstić information content (AvgIpc) is 3.08. The van der Waals surface area contributed by atoms with Gasteiger partial charge in [-0.05, 0) is 39.0 Å². The van der Waals surface area contributed by atoms with Gasteiger partial charge in [-0.25, -0.2) is 4.98 Å². The first kappa shape index (κ1) is 13.8. The van der Waals surface area contributed by atoms with Crippen molar-refractivity contribution in [3.63, 3.8) is 0 Å². The smallest absolute Gasteiger partial charge is 0.123 e. The van der Waals surface area contributed by atoms with Crippen LogP contribution in [0.25, 0.3) is 5.69 Å². The molecule has 1 N–H and O–H groups in total. The van der Waals surface area contributed by atoms with E-state index < -0.39 is 0 Å². The quantitative estimate of drug-likeness (QED) is 0.801. The molecule has 0 amide bonds. The van der Waals surface area contributed by atoms with E-state index in [1.54, 1.807) is 24.0 Å². The molecule has 5 nitrogen and oxygen atoms in total. The molecule has 108 valence electrons. The second kappa shape index (κ2) is 5.65. The van der Waals surface area contributed by atoms with Crippen molar-refractivity contribution in [3.8, 4) is 5.69 Å². The minimum Gasteiger partial charge on any atom is -0.377 e. The fourth-order valence-corrected chi connectivity index (χ4v) is 3.27. The van der Waals surface area contributed by atoms with Crippen LogP contribution in [-0.4, -0.2) is 19.7 Å². The summed E-state index contributed by atoms with van der Waals surface area (Å²) in [5.41, 5.74) is 3.20. The van der Waals surface area contributed by atoms with Crippen molar-refractivity contribution in [3.05, 3.63) is 52.5 Å². The molecule has 2 heterocycles. The highest BCUT2D eigenvalue weighted by molar-refractivity contribution is 7.11. The fraction of sp³-hybridized carbons (Fsp3) is 0.267. The number of hydrogen-bond acceptors (Lipinski definition) is 5. The fourth-order valence-electron chi connectivity index (χ4n) is 2.36. The van der Waals surface area contributed by atoms with Crippen LogP contribution in [0.2, 0.25) is 0 Å². The summed E-state index contributed by atoms with van der Waals surface area (Å²) in [6.07, 6.45) is 3.38. The molecule has 2 aromatic heterocycles. The molecule has 0 aliphatic heterocycles. The van der Waals surface area contributed by atoms with Gasteiger partial charge in [0, 0.05) is 10.6 Å². The van der Waals surface area contributed by atoms with Crippen LogP contribution < -0.4 is 5.32 Å². The van der Waals surface area contributed by atoms with Gasteiger partial charge in [0.15, 0.2) is 0 Å². The SMILES string of the molecule is Cc1nc(C(C)Nc2cccc(-n3cnnc3)c2)c(C)s1. The Kier molecular flexibility index (Phi) is 3.70. The molecule has 3 rings (SSSR count). The molecule has 0 aliphatic carbocycles. The Labute approximate surface area is 127 Å². The molecular formula is C15H17N5S. The first-order valence-electron chi connectivity index (χ1n) is 6.79. The van der Waals surface area contributed by atoms with Crippen LogP contribution in [0.5, 0.6) is 0 Å². The molecule has 0 radical (unpaired) electrons. The Morgan fingerprint density at radius 2 is 1.95 bits per heavy atom. The zero-order chi connectivity index (χ0) is 14.8. The van der Waals surface area contributed by atoms with Crippen molar-refractivity contribution in [2.45, 2.75) is 26.8 Å². The molecular weight excluding hydrogens is 282 g/mol. The first-order chi connectivity index (χ1) is 10.1. The van der Waals surface area contributed by atoms with Crippen molar-refractivity contribution >= 4 is 17.0 Å². The number of benzene rings is 1. The number of nitrogens with one attached hydrogen (secondary N) is 1. The third-order valence-corrected chi connectivity index (χ3v) is 4.20. The summed E-state index contributed by atoms with van der Waals surface area (Å²) in [6, 6.07) is 8.35. The van der Waals surface area contributed by atoms with Crippen molar-refractivity contribution in [2.75, 3.05) is 5.32 Å². The van der Waals surface area contributed by atoms with E-state index in [4.69, 9.17) is 0 Å². The second-order valence-electron chi connectivity index (χ2n) is 4.96. The van der Waals surface area contributed by atoms with Gasteiger partial charge in [-0.1, -0.05) is 6.07 Å². The molecule has 0 saturated carbocycles. The Balaban J connectivity index is 1.82. The third-order valence-electron chi connectivity index (χ3n) is 3.30. The maximum absolute atomic E-state index is 4.61. The highest BCUT2D eigenvalue weighted by Gasteiger charge is 2.13. The summed E-state index contributed by atoms with van der Waals surface area (Å²) < 4.78 is 1.88. The van der Waals surface area contributed by atoms with Gasteiger partial charge in [0.2, 0.25) is 0 Å². The summed E-state index contributed by atoms with van der Waals surface area (Å²) >= 11 is 1.74. The minimum atomic E-state index is 0.172. The molecule has 6 heteroatoms. The highest BCUT2D eigenvalue weighted by atomic mass is 32.1. The lowest BCUT2D eigenvalue weighted by molar-refractivity contribution is 0.836. The zero-order valence-electron chi connectivity index (χ0n) is 12.2. The standard InChI is InChI=1S/C15H17N5S/c1-10(15-11(2)21-12(3)19-15)18-13-5-4-6-14(7-13)20-8-16-17-9-20/h4-10,18H,1-3H3. The number of aryl methyl sites for hydroxylation is 2. The largest absolute Gasteiger partial charge is 0.377 e. The van der Waals surface area contributed by atoms with Gasteiger partial charge in [-0.2, -0.15) is 0 Å². The monoisotopic (exact) mass is 299 g/mol. The summed E-state index contributed by atoms with van der Waals surface area (Å²) in [5, 5.41) is 12.3. The maximum atomic E-state index is 4.61. The predicted molar refractivity (Wildman–Crippen MR) is 85.0 cm³/mol. The van der Waals surface area contributed by atoms with E-state index in [-0.39, 0.29) is 6.04 Å². The summed E-state index contributed by atoms with van der Waals surface area (Å²) in [6.45, 7) is 6.29. The Hall–Kier alpha value is -2.21. The minimum absolute atomic E-state index is 0.172.